The molecule has 4 unspecified atom stereocenters. The smallest absolute Gasteiger partial charge is 0.478 e. The fourth-order valence-electron chi connectivity index (χ4n) is 5.09. The quantitative estimate of drug-likeness (QED) is 0.0557. The number of nitrogens with two attached hydrogens (primary N) is 2. The van der Waals surface area contributed by atoms with Gasteiger partial charge in [0.25, 0.3) is 23.5 Å². The highest BCUT2D eigenvalue weighted by Crippen LogP contribution is 2.67. The third-order valence-corrected chi connectivity index (χ3v) is 13.2. The second kappa shape index (κ2) is 17.4. The average Bonchev–Trinajstić information content (AvgIpc) is 3.80. The third kappa shape index (κ3) is 9.94. The summed E-state index contributed by atoms with van der Waals surface area (Å²) in [7, 11) is -25.1. The summed E-state index contributed by atoms with van der Waals surface area (Å²) in [6.07, 6.45) is -8.99. The number of hydrogen-bond donors (Lipinski definition) is 10. The van der Waals surface area contributed by atoms with E-state index in [-0.39, 0.29) is 52.4 Å². The first-order chi connectivity index (χ1) is 24.7. The SMILES string of the molecule is Nc1ncnc2c1ncn2[C@@H]1O[C@H](COP(=O)([O-])OP(=O)([O-])OP(=O)([O-])OP(=O)(O)OC[C@H]2O[C@@H](n3cnc4c(N)ncnc43)[C@H](O)[C@@H]2O)[C@@H](O)[C@H]1O.[NH4+].[NH4+].[NH4+]. The van der Waals surface area contributed by atoms with Crippen molar-refractivity contribution in [3.8, 4) is 0 Å². The van der Waals surface area contributed by atoms with E-state index in [1.807, 2.05) is 0 Å². The molecule has 0 spiro atoms. The van der Waals surface area contributed by atoms with E-state index in [0.29, 0.717) is 0 Å². The van der Waals surface area contributed by atoms with Gasteiger partial charge in [-0.15, -0.1) is 0 Å². The Kier molecular flexibility index (Phi) is 14.7. The predicted molar refractivity (Wildman–Crippen MR) is 177 cm³/mol. The Hall–Kier alpha value is -3.10. The lowest BCUT2D eigenvalue weighted by atomic mass is 10.1. The van der Waals surface area contributed by atoms with Crippen LogP contribution in [0.5, 0.6) is 0 Å². The summed E-state index contributed by atoms with van der Waals surface area (Å²) >= 11 is 0. The Morgan fingerprint density at radius 3 is 1.46 bits per heavy atom. The number of ether oxygens (including phenoxy) is 2. The molecule has 2 aliphatic heterocycles. The van der Waals surface area contributed by atoms with E-state index in [1.165, 1.54) is 0 Å². The summed E-state index contributed by atoms with van der Waals surface area (Å²) in [5.74, 6) is -0.0609. The molecule has 32 nitrogen and oxygen atoms in total. The predicted octanol–water partition coefficient (Wildman–Crippen LogP) is -3.21. The second-order valence-corrected chi connectivity index (χ2v) is 17.0. The number of nitrogens with zero attached hydrogens (tertiary/aromatic N) is 8. The average molecular weight is 887 g/mol. The van der Waals surface area contributed by atoms with Gasteiger partial charge in [0.2, 0.25) is 0 Å². The van der Waals surface area contributed by atoms with Crippen molar-refractivity contribution >= 4 is 65.3 Å². The molecule has 0 amide bonds. The minimum Gasteiger partial charge on any atom is -0.756 e. The van der Waals surface area contributed by atoms with Crippen LogP contribution < -0.4 is 44.6 Å². The molecule has 36 heteroatoms. The zero-order chi connectivity index (χ0) is 38.7. The Labute approximate surface area is 311 Å². The Morgan fingerprint density at radius 2 is 1.02 bits per heavy atom. The summed E-state index contributed by atoms with van der Waals surface area (Å²) in [6, 6.07) is 0. The first kappa shape index (κ1) is 47.3. The molecule has 6 rings (SSSR count). The van der Waals surface area contributed by atoms with Gasteiger partial charge in [-0.25, -0.2) is 47.4 Å². The minimum absolute atomic E-state index is 0. The van der Waals surface area contributed by atoms with Crippen molar-refractivity contribution in [2.75, 3.05) is 24.7 Å². The molecule has 2 aliphatic rings. The monoisotopic (exact) mass is 887 g/mol. The van der Waals surface area contributed by atoms with E-state index in [1.54, 1.807) is 0 Å². The van der Waals surface area contributed by atoms with Crippen molar-refractivity contribution in [2.24, 2.45) is 0 Å². The molecule has 316 valence electrons. The highest BCUT2D eigenvalue weighted by Gasteiger charge is 2.47. The van der Waals surface area contributed by atoms with Crippen LogP contribution in [0.1, 0.15) is 12.5 Å². The molecule has 6 heterocycles. The van der Waals surface area contributed by atoms with Gasteiger partial charge in [-0.3, -0.25) is 27.4 Å². The van der Waals surface area contributed by atoms with Gasteiger partial charge in [0.15, 0.2) is 35.4 Å². The van der Waals surface area contributed by atoms with Gasteiger partial charge in [-0.2, -0.15) is 0 Å². The number of hydrogen-bond acceptors (Lipinski definition) is 26. The van der Waals surface area contributed by atoms with Gasteiger partial charge in [-0.05, 0) is 0 Å². The van der Waals surface area contributed by atoms with Crippen molar-refractivity contribution in [3.63, 3.8) is 0 Å². The van der Waals surface area contributed by atoms with Gasteiger partial charge in [0.05, 0.1) is 25.9 Å². The molecular weight excluding hydrogens is 850 g/mol. The fourth-order valence-corrected chi connectivity index (χ4v) is 9.87. The van der Waals surface area contributed by atoms with E-state index in [0.717, 1.165) is 34.4 Å². The van der Waals surface area contributed by atoms with Crippen LogP contribution in [0.3, 0.4) is 0 Å². The molecule has 0 radical (unpaired) electrons. The molecule has 0 aliphatic carbocycles. The number of phosphoric acid groups is 4. The van der Waals surface area contributed by atoms with Crippen LogP contribution in [0.25, 0.3) is 22.3 Å². The number of anilines is 2. The molecule has 0 aromatic carbocycles. The van der Waals surface area contributed by atoms with Crippen molar-refractivity contribution < 1.29 is 89.7 Å². The summed E-state index contributed by atoms with van der Waals surface area (Å²) in [4.78, 5) is 69.7. The van der Waals surface area contributed by atoms with Crippen LogP contribution >= 0.6 is 31.3 Å². The number of imidazole rings is 2. The van der Waals surface area contributed by atoms with Crippen LogP contribution in [-0.4, -0.2) is 114 Å². The minimum atomic E-state index is -6.57. The number of rotatable bonds is 14. The van der Waals surface area contributed by atoms with Crippen LogP contribution in [-0.2, 0) is 49.7 Å². The van der Waals surface area contributed by atoms with Crippen LogP contribution in [0, 0.1) is 0 Å². The molecule has 4 aromatic rings. The highest BCUT2D eigenvalue weighted by molar-refractivity contribution is 7.68. The number of quaternary nitrogens is 3. The van der Waals surface area contributed by atoms with E-state index in [2.05, 4.69) is 51.9 Å². The van der Waals surface area contributed by atoms with Crippen LogP contribution in [0.15, 0.2) is 25.3 Å². The van der Waals surface area contributed by atoms with Gasteiger partial charge in [0, 0.05) is 0 Å². The maximum absolute atomic E-state index is 12.3. The zero-order valence-corrected chi connectivity index (χ0v) is 32.4. The Morgan fingerprint density at radius 1 is 0.625 bits per heavy atom. The molecule has 2 fully saturated rings. The molecule has 0 bridgehead atoms. The number of nitrogen functional groups attached to an aromatic ring is 2. The van der Waals surface area contributed by atoms with Crippen molar-refractivity contribution in [1.82, 2.24) is 57.5 Å². The van der Waals surface area contributed by atoms with Crippen LogP contribution in [0.4, 0.5) is 11.6 Å². The number of phosphoric ester groups is 2. The number of aromatic nitrogens is 8. The second-order valence-electron chi connectivity index (χ2n) is 10.9. The topological polar surface area (TPSA) is 552 Å². The highest BCUT2D eigenvalue weighted by atomic mass is 31.3. The molecule has 56 heavy (non-hydrogen) atoms. The van der Waals surface area contributed by atoms with Crippen molar-refractivity contribution in [2.45, 2.75) is 49.1 Å². The summed E-state index contributed by atoms with van der Waals surface area (Å²) in [6.45, 7) is -2.38. The van der Waals surface area contributed by atoms with E-state index in [4.69, 9.17) is 20.9 Å². The Bertz CT molecular complexity index is 2050. The molecule has 2 saturated heterocycles. The standard InChI is InChI=1S/C20H28N10O19P4.3H3N/c21-15-9-17(25-3-23-15)29(5-27-9)19-13(33)11(31)7(45-19)1-43-50(35,36)47-52(39,40)49-53(41,42)48-51(37,38)44-2-8-12(32)14(34)20(46-8)30-6-28-10-16(22)24-4-26-18(10)30;;;/h3-8,11-14,19-20,31-34H,1-2H2,(H,35,36)(H,37,38)(H,39,40)(H,41,42)(H2,21,23,25)(H2,22,24,26);3*1H3/t7-,8-,11-,12-,13-,14-,19-,20-;;;/m1.../s1. The number of aliphatic hydroxyl groups excluding tert-OH is 4. The lowest BCUT2D eigenvalue weighted by Gasteiger charge is -2.34. The lowest BCUT2D eigenvalue weighted by Crippen LogP contribution is -2.34. The van der Waals surface area contributed by atoms with Gasteiger partial charge in [0.1, 0.15) is 60.3 Å². The normalized spacial score (nSPS) is 29.3. The molecule has 0 saturated carbocycles. The molecule has 12 atom stereocenters. The Balaban J connectivity index is 0.00000280. The zero-order valence-electron chi connectivity index (χ0n) is 28.8. The van der Waals surface area contributed by atoms with Crippen molar-refractivity contribution in [3.05, 3.63) is 25.3 Å². The van der Waals surface area contributed by atoms with Gasteiger partial charge < -0.3 is 83.9 Å². The lowest BCUT2D eigenvalue weighted by molar-refractivity contribution is -0.249. The van der Waals surface area contributed by atoms with Crippen LogP contribution in [0.2, 0.25) is 0 Å². The third-order valence-electron chi connectivity index (χ3n) is 7.40. The summed E-state index contributed by atoms with van der Waals surface area (Å²) < 4.78 is 81.8. The van der Waals surface area contributed by atoms with E-state index >= 15 is 0 Å². The first-order valence-electron chi connectivity index (χ1n) is 14.3. The number of fused-ring (bicyclic) bond motifs is 2. The number of aliphatic hydroxyl groups is 4. The van der Waals surface area contributed by atoms with E-state index in [9.17, 15) is 58.3 Å². The maximum atomic E-state index is 12.3. The van der Waals surface area contributed by atoms with E-state index < -0.39 is 93.6 Å². The largest absolute Gasteiger partial charge is 0.756 e. The van der Waals surface area contributed by atoms with Gasteiger partial charge in [-0.1, -0.05) is 0 Å². The fraction of sp³-hybridized carbons (Fsp3) is 0.500. The first-order valence-corrected chi connectivity index (χ1v) is 20.1. The van der Waals surface area contributed by atoms with Crippen molar-refractivity contribution in [1.29, 1.82) is 0 Å². The summed E-state index contributed by atoms with van der Waals surface area (Å²) in [5.41, 5.74) is 11.7. The van der Waals surface area contributed by atoms with Gasteiger partial charge >= 0.3 is 7.82 Å². The molecular formula is C20H37N13O19P4. The molecule has 21 N–H and O–H groups in total. The summed E-state index contributed by atoms with van der Waals surface area (Å²) in [5, 5.41) is 41.7. The maximum Gasteiger partial charge on any atom is 0.478 e. The molecule has 4 aromatic heterocycles.